The summed E-state index contributed by atoms with van der Waals surface area (Å²) >= 11 is 0. The molecule has 4 unspecified atom stereocenters. The number of amides is 1. The van der Waals surface area contributed by atoms with E-state index in [4.69, 9.17) is 32.7 Å². The van der Waals surface area contributed by atoms with Gasteiger partial charge in [-0.15, -0.1) is 0 Å². The maximum atomic E-state index is 14.5. The summed E-state index contributed by atoms with van der Waals surface area (Å²) in [6.45, 7) is 16.4. The average molecular weight is 1030 g/mol. The second-order valence-corrected chi connectivity index (χ2v) is 23.3. The first-order valence-electron chi connectivity index (χ1n) is 26.4. The Kier molecular flexibility index (Phi) is 24.4. The van der Waals surface area contributed by atoms with Crippen molar-refractivity contribution in [2.75, 3.05) is 41.1 Å². The van der Waals surface area contributed by atoms with E-state index in [0.29, 0.717) is 82.8 Å². The second-order valence-electron chi connectivity index (χ2n) is 21.3. The maximum absolute atomic E-state index is 14.5. The summed E-state index contributed by atoms with van der Waals surface area (Å²) < 4.78 is 54.4. The van der Waals surface area contributed by atoms with Crippen LogP contribution in [-0.4, -0.2) is 140 Å². The van der Waals surface area contributed by atoms with Crippen LogP contribution in [-0.2, 0) is 61.3 Å². The fourth-order valence-corrected chi connectivity index (χ4v) is 12.1. The fourth-order valence-electron chi connectivity index (χ4n) is 10.8. The number of hydrogen-bond donors (Lipinski definition) is 2. The normalized spacial score (nSPS) is 36.2. The molecule has 3 fully saturated rings. The molecule has 16 atom stereocenters. The molecular formula is C55H88NO15P. The second kappa shape index (κ2) is 28.6. The number of cyclic esters (lactones) is 1. The van der Waals surface area contributed by atoms with E-state index in [-0.39, 0.29) is 42.8 Å². The van der Waals surface area contributed by atoms with Crippen molar-refractivity contribution in [2.45, 2.75) is 193 Å². The first-order chi connectivity index (χ1) is 34.0. The Morgan fingerprint density at radius 3 is 2.28 bits per heavy atom. The molecule has 0 radical (unpaired) electrons. The van der Waals surface area contributed by atoms with E-state index in [1.54, 1.807) is 41.1 Å². The number of allylic oxidation sites excluding steroid dienone is 6. The number of methoxy groups -OCH3 is 3. The Hall–Kier alpha value is -3.18. The summed E-state index contributed by atoms with van der Waals surface area (Å²) in [7, 11) is 1.20. The van der Waals surface area contributed by atoms with Gasteiger partial charge in [-0.1, -0.05) is 78.0 Å². The number of aliphatic hydroxyl groups is 2. The molecule has 2 bridgehead atoms. The van der Waals surface area contributed by atoms with E-state index < -0.39 is 103 Å². The predicted molar refractivity (Wildman–Crippen MR) is 274 cm³/mol. The first-order valence-corrected chi connectivity index (χ1v) is 28.4. The number of aliphatic hydroxyl groups excluding tert-OH is 1. The topological polar surface area (TPSA) is 211 Å². The smallest absolute Gasteiger partial charge is 0.329 e. The molecule has 0 spiro atoms. The zero-order valence-electron chi connectivity index (χ0n) is 45.2. The summed E-state index contributed by atoms with van der Waals surface area (Å²) in [5.41, 5.74) is 1.17. The molecule has 4 aliphatic rings. The van der Waals surface area contributed by atoms with Crippen molar-refractivity contribution in [2.24, 2.45) is 35.5 Å². The van der Waals surface area contributed by atoms with Crippen LogP contribution >= 0.6 is 7.60 Å². The molecule has 0 aromatic heterocycles. The van der Waals surface area contributed by atoms with Gasteiger partial charge in [-0.25, -0.2) is 4.79 Å². The Bertz CT molecular complexity index is 2000. The lowest BCUT2D eigenvalue weighted by Crippen LogP contribution is -2.61. The van der Waals surface area contributed by atoms with Crippen molar-refractivity contribution >= 4 is 36.8 Å². The molecule has 0 aromatic carbocycles. The van der Waals surface area contributed by atoms with Gasteiger partial charge >= 0.3 is 13.6 Å². The van der Waals surface area contributed by atoms with Gasteiger partial charge in [-0.3, -0.25) is 23.7 Å². The summed E-state index contributed by atoms with van der Waals surface area (Å²) in [5.74, 6) is -8.22. The van der Waals surface area contributed by atoms with Crippen LogP contribution in [0.2, 0.25) is 0 Å². The van der Waals surface area contributed by atoms with Crippen molar-refractivity contribution in [1.82, 2.24) is 4.90 Å². The van der Waals surface area contributed by atoms with E-state index in [1.165, 1.54) is 18.7 Å². The van der Waals surface area contributed by atoms with Crippen molar-refractivity contribution in [3.8, 4) is 0 Å². The quantitative estimate of drug-likeness (QED) is 0.113. The zero-order chi connectivity index (χ0) is 53.5. The van der Waals surface area contributed by atoms with Crippen LogP contribution in [0.1, 0.15) is 139 Å². The molecule has 3 heterocycles. The first kappa shape index (κ1) is 61.4. The summed E-state index contributed by atoms with van der Waals surface area (Å²) in [4.78, 5) is 72.4. The molecule has 3 aliphatic heterocycles. The van der Waals surface area contributed by atoms with Gasteiger partial charge in [0, 0.05) is 65.1 Å². The molecule has 0 aromatic rings. The van der Waals surface area contributed by atoms with Crippen molar-refractivity contribution in [1.29, 1.82) is 0 Å². The third kappa shape index (κ3) is 16.9. The lowest BCUT2D eigenvalue weighted by Gasteiger charge is -2.42. The number of Topliss-reactive ketones (excluding diaryl/α,β-unsaturated/α-hetero) is 3. The highest BCUT2D eigenvalue weighted by molar-refractivity contribution is 7.53. The average Bonchev–Trinajstić information content (AvgIpc) is 3.35. The number of carbonyl (C=O) groups excluding carboxylic acids is 5. The van der Waals surface area contributed by atoms with Crippen molar-refractivity contribution < 1.29 is 71.5 Å². The molecule has 408 valence electrons. The Labute approximate surface area is 429 Å². The third-order valence-corrected chi connectivity index (χ3v) is 16.6. The van der Waals surface area contributed by atoms with Crippen LogP contribution in [0.4, 0.5) is 0 Å². The number of hydrogen-bond acceptors (Lipinski definition) is 15. The van der Waals surface area contributed by atoms with Gasteiger partial charge in [0.25, 0.3) is 11.7 Å². The summed E-state index contributed by atoms with van der Waals surface area (Å²) in [5, 5.41) is 23.5. The highest BCUT2D eigenvalue weighted by atomic mass is 31.2. The fraction of sp³-hybridized carbons (Fsp3) is 0.764. The molecule has 1 amide bonds. The summed E-state index contributed by atoms with van der Waals surface area (Å²) in [6, 6.07) is -1.17. The largest absolute Gasteiger partial charge is 0.460 e. The van der Waals surface area contributed by atoms with Gasteiger partial charge in [0.05, 0.1) is 37.1 Å². The van der Waals surface area contributed by atoms with Gasteiger partial charge < -0.3 is 47.8 Å². The number of ether oxygens (including phenoxy) is 5. The predicted octanol–water partition coefficient (Wildman–Crippen LogP) is 8.45. The van der Waals surface area contributed by atoms with E-state index in [2.05, 4.69) is 0 Å². The lowest BCUT2D eigenvalue weighted by atomic mass is 9.78. The highest BCUT2D eigenvalue weighted by Crippen LogP contribution is 2.49. The van der Waals surface area contributed by atoms with Crippen LogP contribution in [0.15, 0.2) is 47.6 Å². The third-order valence-electron chi connectivity index (χ3n) is 15.3. The van der Waals surface area contributed by atoms with Crippen LogP contribution in [0.25, 0.3) is 0 Å². The number of piperidine rings is 1. The lowest BCUT2D eigenvalue weighted by molar-refractivity contribution is -0.265. The Morgan fingerprint density at radius 2 is 1.61 bits per heavy atom. The standard InChI is InChI=1S/C55H88NO15P/c1-13-27-68-72(12,64)71-45-25-23-41(31-48(45)66-10)30-37(5)47-33-44(57)36(4)29-39(7)50(59)51(67-11)49(58)38(6)28-34(2)19-15-14-16-20-35(3)46(65-9)32-42-24-22-40(8)55(63,70-42)52(60)53(61)56-26-18-17-21-43(56)54(62)69-47/h14-16,19-20,29,34,37-43,45-48,50-51,59,63H,13,17-18,21-28,30-33H2,1-12H3/t34-,37-,38-,39?,40-,41+,42?,43?,45-,46+,47+,48-,50-,51+,55-,72?/m1/s1. The highest BCUT2D eigenvalue weighted by Gasteiger charge is 2.53. The van der Waals surface area contributed by atoms with Crippen molar-refractivity contribution in [3.63, 3.8) is 0 Å². The van der Waals surface area contributed by atoms with E-state index >= 15 is 0 Å². The van der Waals surface area contributed by atoms with E-state index in [0.717, 1.165) is 5.57 Å². The SMILES string of the molecule is CCCOP(C)(=O)O[C@@H]1CC[C@@H](C[C@@H](C)[C@@H]2CC(=O)C(C)=CC(C)[C@@H](O)[C@@H](OC)C(=O)[C@H](C)C[C@H](C)C=CC=CC=C(C)[C@@H](OC)CC3CC[C@@H](C)[C@@](O)(O3)C(=O)C(=O)N3CCCCC3C(=O)O2)C[C@H]1OC. The van der Waals surface area contributed by atoms with Crippen LogP contribution in [0.5, 0.6) is 0 Å². The summed E-state index contributed by atoms with van der Waals surface area (Å²) in [6.07, 6.45) is 11.6. The van der Waals surface area contributed by atoms with Crippen LogP contribution < -0.4 is 0 Å². The maximum Gasteiger partial charge on any atom is 0.329 e. The van der Waals surface area contributed by atoms with E-state index in [9.17, 15) is 38.8 Å². The van der Waals surface area contributed by atoms with Crippen LogP contribution in [0.3, 0.4) is 0 Å². The minimum Gasteiger partial charge on any atom is -0.460 e. The van der Waals surface area contributed by atoms with Gasteiger partial charge in [-0.05, 0) is 113 Å². The number of esters is 1. The van der Waals surface area contributed by atoms with Gasteiger partial charge in [0.1, 0.15) is 18.2 Å². The molecule has 4 rings (SSSR count). The molecule has 2 saturated heterocycles. The van der Waals surface area contributed by atoms with Crippen molar-refractivity contribution in [3.05, 3.63) is 47.6 Å². The minimum atomic E-state index is -3.33. The van der Waals surface area contributed by atoms with Gasteiger partial charge in [0.2, 0.25) is 5.79 Å². The molecule has 72 heavy (non-hydrogen) atoms. The van der Waals surface area contributed by atoms with E-state index in [1.807, 2.05) is 65.0 Å². The molecule has 17 heteroatoms. The van der Waals surface area contributed by atoms with Crippen LogP contribution in [0, 0.1) is 35.5 Å². The molecule has 1 aliphatic carbocycles. The minimum absolute atomic E-state index is 0.00915. The number of fused-ring (bicyclic) bond motifs is 3. The van der Waals surface area contributed by atoms with Gasteiger partial charge in [0.15, 0.2) is 11.6 Å². The van der Waals surface area contributed by atoms with Gasteiger partial charge in [-0.2, -0.15) is 0 Å². The molecule has 2 N–H and O–H groups in total. The molecular weight excluding hydrogens is 946 g/mol. The molecule has 1 saturated carbocycles. The number of rotatable bonds is 11. The Balaban J connectivity index is 1.69. The monoisotopic (exact) mass is 1030 g/mol. The zero-order valence-corrected chi connectivity index (χ0v) is 46.1. The molecule has 16 nitrogen and oxygen atoms in total. The number of carbonyl (C=O) groups is 5. The number of ketones is 3. The number of nitrogens with zero attached hydrogens (tertiary/aromatic N) is 1. The Morgan fingerprint density at radius 1 is 0.889 bits per heavy atom.